The van der Waals surface area contributed by atoms with Gasteiger partial charge >= 0.3 is 5.97 Å². The molecule has 0 spiro atoms. The Morgan fingerprint density at radius 3 is 2.70 bits per heavy atom. The van der Waals surface area contributed by atoms with Crippen molar-refractivity contribution in [1.82, 2.24) is 9.78 Å². The van der Waals surface area contributed by atoms with Crippen molar-refractivity contribution >= 4 is 38.3 Å². The zero-order valence-corrected chi connectivity index (χ0v) is 13.6. The molecule has 0 saturated heterocycles. The maximum absolute atomic E-state index is 12.4. The predicted molar refractivity (Wildman–Crippen MR) is 92.2 cm³/mol. The van der Waals surface area contributed by atoms with Gasteiger partial charge in [0.15, 0.2) is 0 Å². The van der Waals surface area contributed by atoms with E-state index in [1.54, 1.807) is 4.68 Å². The van der Waals surface area contributed by atoms with Gasteiger partial charge in [-0.2, -0.15) is 5.10 Å². The third-order valence-electron chi connectivity index (χ3n) is 3.83. The van der Waals surface area contributed by atoms with E-state index in [1.807, 2.05) is 62.5 Å². The lowest BCUT2D eigenvalue weighted by atomic mass is 10.1. The van der Waals surface area contributed by atoms with Crippen molar-refractivity contribution in [2.24, 2.45) is 7.05 Å². The van der Waals surface area contributed by atoms with Gasteiger partial charge in [-0.1, -0.05) is 30.3 Å². The van der Waals surface area contributed by atoms with E-state index in [1.165, 1.54) is 11.3 Å². The standard InChI is InChI=1S/C18H14N2O2S/c1-11-15-10-16(23-17(15)20(2)19-11)18(21)22-14-8-7-12-5-3-4-6-13(12)9-14/h3-10H,1-2H3. The first kappa shape index (κ1) is 14.0. The SMILES string of the molecule is Cc1nn(C)c2sc(C(=O)Oc3ccc4ccccc4c3)cc12. The summed E-state index contributed by atoms with van der Waals surface area (Å²) in [4.78, 5) is 14.0. The lowest BCUT2D eigenvalue weighted by molar-refractivity contribution is 0.0740. The molecule has 0 N–H and O–H groups in total. The number of aryl methyl sites for hydroxylation is 2. The number of fused-ring (bicyclic) bond motifs is 2. The first-order chi connectivity index (χ1) is 11.1. The first-order valence-electron chi connectivity index (χ1n) is 7.26. The predicted octanol–water partition coefficient (Wildman–Crippen LogP) is 4.32. The Kier molecular flexibility index (Phi) is 3.16. The Bertz CT molecular complexity index is 1010. The van der Waals surface area contributed by atoms with E-state index in [0.29, 0.717) is 10.6 Å². The second-order valence-corrected chi connectivity index (χ2v) is 6.47. The molecule has 0 fully saturated rings. The topological polar surface area (TPSA) is 44.1 Å². The zero-order valence-electron chi connectivity index (χ0n) is 12.7. The molecule has 23 heavy (non-hydrogen) atoms. The summed E-state index contributed by atoms with van der Waals surface area (Å²) < 4.78 is 7.32. The van der Waals surface area contributed by atoms with Gasteiger partial charge in [0.1, 0.15) is 15.5 Å². The van der Waals surface area contributed by atoms with E-state index in [-0.39, 0.29) is 5.97 Å². The largest absolute Gasteiger partial charge is 0.422 e. The maximum Gasteiger partial charge on any atom is 0.353 e. The van der Waals surface area contributed by atoms with E-state index in [4.69, 9.17) is 4.74 Å². The van der Waals surface area contributed by atoms with E-state index in [2.05, 4.69) is 5.10 Å². The number of nitrogens with zero attached hydrogens (tertiary/aromatic N) is 2. The van der Waals surface area contributed by atoms with Crippen LogP contribution >= 0.6 is 11.3 Å². The summed E-state index contributed by atoms with van der Waals surface area (Å²) in [5.41, 5.74) is 0.920. The number of hydrogen-bond acceptors (Lipinski definition) is 4. The van der Waals surface area contributed by atoms with Gasteiger partial charge in [0.25, 0.3) is 0 Å². The minimum Gasteiger partial charge on any atom is -0.422 e. The van der Waals surface area contributed by atoms with Crippen LogP contribution in [0.25, 0.3) is 21.0 Å². The molecule has 0 unspecified atom stereocenters. The normalized spacial score (nSPS) is 11.2. The van der Waals surface area contributed by atoms with Crippen LogP contribution in [-0.2, 0) is 7.05 Å². The molecule has 0 amide bonds. The number of esters is 1. The summed E-state index contributed by atoms with van der Waals surface area (Å²) in [7, 11) is 1.88. The number of rotatable bonds is 2. The van der Waals surface area contributed by atoms with Crippen LogP contribution in [-0.4, -0.2) is 15.7 Å². The van der Waals surface area contributed by atoms with Gasteiger partial charge in [-0.25, -0.2) is 4.79 Å². The van der Waals surface area contributed by atoms with E-state index >= 15 is 0 Å². The van der Waals surface area contributed by atoms with Crippen LogP contribution in [0.1, 0.15) is 15.4 Å². The minimum absolute atomic E-state index is 0.333. The molecule has 2 aromatic carbocycles. The van der Waals surface area contributed by atoms with Gasteiger partial charge in [-0.3, -0.25) is 4.68 Å². The molecule has 0 radical (unpaired) electrons. The van der Waals surface area contributed by atoms with Crippen molar-refractivity contribution in [2.75, 3.05) is 0 Å². The Hall–Kier alpha value is -2.66. The second kappa shape index (κ2) is 5.21. The van der Waals surface area contributed by atoms with Gasteiger partial charge in [0.05, 0.1) is 5.69 Å². The van der Waals surface area contributed by atoms with E-state index in [9.17, 15) is 4.79 Å². The number of aromatic nitrogens is 2. The summed E-state index contributed by atoms with van der Waals surface area (Å²) >= 11 is 1.40. The molecule has 114 valence electrons. The first-order valence-corrected chi connectivity index (χ1v) is 8.07. The van der Waals surface area contributed by atoms with Crippen molar-refractivity contribution in [3.63, 3.8) is 0 Å². The fourth-order valence-corrected chi connectivity index (χ4v) is 3.69. The van der Waals surface area contributed by atoms with Crippen LogP contribution in [0.3, 0.4) is 0 Å². The number of ether oxygens (including phenoxy) is 1. The Morgan fingerprint density at radius 2 is 1.91 bits per heavy atom. The summed E-state index contributed by atoms with van der Waals surface area (Å²) in [6.07, 6.45) is 0. The minimum atomic E-state index is -0.333. The van der Waals surface area contributed by atoms with E-state index in [0.717, 1.165) is 26.7 Å². The fraction of sp³-hybridized carbons (Fsp3) is 0.111. The lowest BCUT2D eigenvalue weighted by Crippen LogP contribution is -2.06. The highest BCUT2D eigenvalue weighted by Crippen LogP contribution is 2.29. The maximum atomic E-state index is 12.4. The number of benzene rings is 2. The molecule has 4 rings (SSSR count). The molecule has 0 bridgehead atoms. The van der Waals surface area contributed by atoms with Crippen LogP contribution in [0.2, 0.25) is 0 Å². The van der Waals surface area contributed by atoms with Crippen molar-refractivity contribution < 1.29 is 9.53 Å². The highest BCUT2D eigenvalue weighted by Gasteiger charge is 2.16. The fourth-order valence-electron chi connectivity index (χ4n) is 2.69. The molecule has 0 aliphatic heterocycles. The van der Waals surface area contributed by atoms with Crippen molar-refractivity contribution in [3.8, 4) is 5.75 Å². The van der Waals surface area contributed by atoms with Gasteiger partial charge < -0.3 is 4.74 Å². The molecule has 2 aromatic heterocycles. The molecular formula is C18H14N2O2S. The number of thiophene rings is 1. The summed E-state index contributed by atoms with van der Waals surface area (Å²) in [5, 5.41) is 7.52. The molecule has 4 nitrogen and oxygen atoms in total. The Labute approximate surface area is 136 Å². The Balaban J connectivity index is 1.65. The molecule has 0 aliphatic rings. The van der Waals surface area contributed by atoms with Crippen molar-refractivity contribution in [1.29, 1.82) is 0 Å². The highest BCUT2D eigenvalue weighted by atomic mass is 32.1. The van der Waals surface area contributed by atoms with Gasteiger partial charge in [0, 0.05) is 12.4 Å². The molecule has 4 aromatic rings. The summed E-state index contributed by atoms with van der Waals surface area (Å²) in [5.74, 6) is 0.224. The van der Waals surface area contributed by atoms with Crippen molar-refractivity contribution in [3.05, 3.63) is 59.1 Å². The Morgan fingerprint density at radius 1 is 1.13 bits per heavy atom. The summed E-state index contributed by atoms with van der Waals surface area (Å²) in [6, 6.07) is 15.5. The average molecular weight is 322 g/mol. The van der Waals surface area contributed by atoms with Crippen molar-refractivity contribution in [2.45, 2.75) is 6.92 Å². The molecular weight excluding hydrogens is 308 g/mol. The third-order valence-corrected chi connectivity index (χ3v) is 5.01. The van der Waals surface area contributed by atoms with Crippen LogP contribution in [0.15, 0.2) is 48.5 Å². The molecule has 0 saturated carbocycles. The van der Waals surface area contributed by atoms with Crippen LogP contribution in [0.4, 0.5) is 0 Å². The van der Waals surface area contributed by atoms with Crippen LogP contribution in [0, 0.1) is 6.92 Å². The summed E-state index contributed by atoms with van der Waals surface area (Å²) in [6.45, 7) is 1.94. The van der Waals surface area contributed by atoms with Crippen LogP contribution < -0.4 is 4.74 Å². The number of hydrogen-bond donors (Lipinski definition) is 0. The second-order valence-electron chi connectivity index (χ2n) is 5.44. The monoisotopic (exact) mass is 322 g/mol. The molecule has 2 heterocycles. The molecule has 0 atom stereocenters. The highest BCUT2D eigenvalue weighted by molar-refractivity contribution is 7.20. The lowest BCUT2D eigenvalue weighted by Gasteiger charge is -2.04. The third kappa shape index (κ3) is 2.39. The zero-order chi connectivity index (χ0) is 16.0. The van der Waals surface area contributed by atoms with E-state index < -0.39 is 0 Å². The average Bonchev–Trinajstić information content (AvgIpc) is 3.09. The van der Waals surface area contributed by atoms with Crippen LogP contribution in [0.5, 0.6) is 5.75 Å². The smallest absolute Gasteiger partial charge is 0.353 e. The number of carbonyl (C=O) groups is 1. The molecule has 5 heteroatoms. The van der Waals surface area contributed by atoms with Gasteiger partial charge in [-0.15, -0.1) is 11.3 Å². The van der Waals surface area contributed by atoms with Gasteiger partial charge in [0.2, 0.25) is 0 Å². The molecule has 0 aliphatic carbocycles. The van der Waals surface area contributed by atoms with Gasteiger partial charge in [-0.05, 0) is 35.9 Å². The number of carbonyl (C=O) groups excluding carboxylic acids is 1. The quantitative estimate of drug-likeness (QED) is 0.408.